The Morgan fingerprint density at radius 3 is 2.87 bits per heavy atom. The number of nitrogens with zero attached hydrogens (tertiary/aromatic N) is 2. The van der Waals surface area contributed by atoms with Crippen molar-refractivity contribution in [3.8, 4) is 5.75 Å². The minimum absolute atomic E-state index is 0. The van der Waals surface area contributed by atoms with Crippen LogP contribution in [0, 0.1) is 0 Å². The predicted molar refractivity (Wildman–Crippen MR) is 89.5 cm³/mol. The smallest absolute Gasteiger partial charge is 0.317 e. The van der Waals surface area contributed by atoms with Gasteiger partial charge >= 0.3 is 6.03 Å². The summed E-state index contributed by atoms with van der Waals surface area (Å²) in [5.74, 6) is 0.229. The largest absolute Gasteiger partial charge is 0.496 e. The Labute approximate surface area is 145 Å². The van der Waals surface area contributed by atoms with Gasteiger partial charge in [-0.05, 0) is 6.07 Å². The van der Waals surface area contributed by atoms with Crippen LogP contribution in [0.3, 0.4) is 0 Å². The highest BCUT2D eigenvalue weighted by atomic mass is 35.5. The highest BCUT2D eigenvalue weighted by molar-refractivity contribution is 6.33. The summed E-state index contributed by atoms with van der Waals surface area (Å²) in [5, 5.41) is 3.11. The number of fused-ring (bicyclic) bond motifs is 1. The van der Waals surface area contributed by atoms with Gasteiger partial charge in [-0.1, -0.05) is 11.6 Å². The minimum Gasteiger partial charge on any atom is -0.496 e. The number of nitrogens with one attached hydrogen (secondary N) is 1. The van der Waals surface area contributed by atoms with Gasteiger partial charge in [-0.2, -0.15) is 0 Å². The van der Waals surface area contributed by atoms with E-state index < -0.39 is 0 Å². The minimum atomic E-state index is -0.169. The number of piperazine rings is 1. The Hall–Kier alpha value is -1.86. The molecule has 2 fully saturated rings. The summed E-state index contributed by atoms with van der Waals surface area (Å²) in [6, 6.07) is 3.03. The molecule has 1 aromatic rings. The van der Waals surface area contributed by atoms with Crippen LogP contribution in [-0.4, -0.2) is 61.1 Å². The molecule has 2 heterocycles. The van der Waals surface area contributed by atoms with E-state index >= 15 is 0 Å². The number of carbonyl (C=O) groups excluding carboxylic acids is 2. The van der Waals surface area contributed by atoms with E-state index in [2.05, 4.69) is 5.32 Å². The van der Waals surface area contributed by atoms with Gasteiger partial charge in [-0.25, -0.2) is 4.79 Å². The number of carbonyl (C=O) groups is 2. The summed E-state index contributed by atoms with van der Waals surface area (Å²) in [6.45, 7) is 2.05. The first kappa shape index (κ1) is 17.5. The van der Waals surface area contributed by atoms with Crippen LogP contribution in [-0.2, 0) is 0 Å². The molecule has 3 rings (SSSR count). The lowest BCUT2D eigenvalue weighted by atomic mass is 10.1. The van der Waals surface area contributed by atoms with Gasteiger partial charge in [-0.15, -0.1) is 12.4 Å². The fraction of sp³-hybridized carbons (Fsp3) is 0.429. The zero-order valence-electron chi connectivity index (χ0n) is 12.5. The van der Waals surface area contributed by atoms with Crippen LogP contribution in [0.2, 0.25) is 5.02 Å². The number of anilines is 1. The third kappa shape index (κ3) is 3.11. The first-order valence-electron chi connectivity index (χ1n) is 6.98. The SMILES string of the molecule is COc1cc(N)c(Cl)cc1C(=O)N1CCN2C(=O)NCC2C1.Cl. The second-order valence-corrected chi connectivity index (χ2v) is 5.77. The fourth-order valence-electron chi connectivity index (χ4n) is 2.86. The maximum atomic E-state index is 12.7. The first-order chi connectivity index (χ1) is 10.5. The van der Waals surface area contributed by atoms with E-state index in [-0.39, 0.29) is 30.4 Å². The number of amides is 3. The number of hydrogen-bond donors (Lipinski definition) is 2. The van der Waals surface area contributed by atoms with Gasteiger partial charge in [0, 0.05) is 32.2 Å². The second kappa shape index (κ2) is 6.72. The van der Waals surface area contributed by atoms with Gasteiger partial charge in [0.15, 0.2) is 0 Å². The van der Waals surface area contributed by atoms with Crippen molar-refractivity contribution in [2.24, 2.45) is 0 Å². The third-order valence-corrected chi connectivity index (χ3v) is 4.40. The zero-order chi connectivity index (χ0) is 15.9. The molecule has 7 nitrogen and oxygen atoms in total. The second-order valence-electron chi connectivity index (χ2n) is 5.36. The van der Waals surface area contributed by atoms with Crippen molar-refractivity contribution >= 4 is 41.6 Å². The maximum absolute atomic E-state index is 12.7. The van der Waals surface area contributed by atoms with Gasteiger partial charge in [0.05, 0.1) is 29.4 Å². The molecule has 0 spiro atoms. The summed E-state index contributed by atoms with van der Waals surface area (Å²) in [7, 11) is 1.48. The molecule has 3 amide bonds. The van der Waals surface area contributed by atoms with E-state index in [9.17, 15) is 9.59 Å². The van der Waals surface area contributed by atoms with E-state index in [0.29, 0.717) is 48.2 Å². The summed E-state index contributed by atoms with van der Waals surface area (Å²) in [6.07, 6.45) is 0. The Balaban J connectivity index is 0.00000192. The van der Waals surface area contributed by atoms with Crippen LogP contribution in [0.5, 0.6) is 5.75 Å². The topological polar surface area (TPSA) is 87.9 Å². The molecule has 1 aromatic carbocycles. The monoisotopic (exact) mass is 360 g/mol. The van der Waals surface area contributed by atoms with Crippen molar-refractivity contribution in [3.05, 3.63) is 22.7 Å². The molecule has 23 heavy (non-hydrogen) atoms. The number of nitrogens with two attached hydrogens (primary N) is 1. The molecule has 3 N–H and O–H groups in total. The maximum Gasteiger partial charge on any atom is 0.317 e. The average Bonchev–Trinajstić information content (AvgIpc) is 2.89. The average molecular weight is 361 g/mol. The number of benzene rings is 1. The Morgan fingerprint density at radius 1 is 1.43 bits per heavy atom. The van der Waals surface area contributed by atoms with Crippen LogP contribution in [0.4, 0.5) is 10.5 Å². The van der Waals surface area contributed by atoms with Gasteiger partial charge in [0.25, 0.3) is 5.91 Å². The quantitative estimate of drug-likeness (QED) is 0.775. The molecule has 1 atom stereocenters. The summed E-state index contributed by atoms with van der Waals surface area (Å²) < 4.78 is 5.23. The Bertz CT molecular complexity index is 641. The molecular formula is C14H18Cl2N4O3. The lowest BCUT2D eigenvalue weighted by molar-refractivity contribution is 0.0614. The highest BCUT2D eigenvalue weighted by Crippen LogP contribution is 2.30. The molecular weight excluding hydrogens is 343 g/mol. The van der Waals surface area contributed by atoms with Gasteiger partial charge in [0.1, 0.15) is 5.75 Å². The molecule has 9 heteroatoms. The molecule has 2 saturated heterocycles. The van der Waals surface area contributed by atoms with Crippen molar-refractivity contribution in [2.75, 3.05) is 39.0 Å². The van der Waals surface area contributed by atoms with Gasteiger partial charge in [0.2, 0.25) is 0 Å². The molecule has 0 bridgehead atoms. The van der Waals surface area contributed by atoms with Crippen molar-refractivity contribution < 1.29 is 14.3 Å². The van der Waals surface area contributed by atoms with Crippen molar-refractivity contribution in [3.63, 3.8) is 0 Å². The number of nitrogen functional groups attached to an aromatic ring is 1. The van der Waals surface area contributed by atoms with E-state index in [1.165, 1.54) is 13.2 Å². The Kier molecular flexibility index (Phi) is 5.11. The molecule has 2 aliphatic heterocycles. The molecule has 0 aliphatic carbocycles. The summed E-state index contributed by atoms with van der Waals surface area (Å²) in [4.78, 5) is 27.8. The predicted octanol–water partition coefficient (Wildman–Crippen LogP) is 1.20. The lowest BCUT2D eigenvalue weighted by Gasteiger charge is -2.36. The van der Waals surface area contributed by atoms with Gasteiger partial charge in [-0.3, -0.25) is 4.79 Å². The number of ether oxygens (including phenoxy) is 1. The van der Waals surface area contributed by atoms with Crippen LogP contribution in [0.25, 0.3) is 0 Å². The number of halogens is 2. The molecule has 1 unspecified atom stereocenters. The number of rotatable bonds is 2. The van der Waals surface area contributed by atoms with Gasteiger partial charge < -0.3 is 25.6 Å². The summed E-state index contributed by atoms with van der Waals surface area (Å²) >= 11 is 6.02. The van der Waals surface area contributed by atoms with E-state index in [4.69, 9.17) is 22.1 Å². The van der Waals surface area contributed by atoms with E-state index in [0.717, 1.165) is 0 Å². The number of urea groups is 1. The standard InChI is InChI=1S/C14H17ClN4O3.ClH/c1-22-12-5-11(16)10(15)4-9(12)13(20)18-2-3-19-8(7-18)6-17-14(19)21;/h4-5,8H,2-3,6-7,16H2,1H3,(H,17,21);1H. The molecule has 0 radical (unpaired) electrons. The van der Waals surface area contributed by atoms with Crippen LogP contribution in [0.1, 0.15) is 10.4 Å². The molecule has 0 saturated carbocycles. The molecule has 0 aromatic heterocycles. The first-order valence-corrected chi connectivity index (χ1v) is 7.36. The fourth-order valence-corrected chi connectivity index (χ4v) is 3.03. The number of methoxy groups -OCH3 is 1. The lowest BCUT2D eigenvalue weighted by Crippen LogP contribution is -2.53. The van der Waals surface area contributed by atoms with Crippen LogP contribution < -0.4 is 15.8 Å². The zero-order valence-corrected chi connectivity index (χ0v) is 14.1. The molecule has 126 valence electrons. The Morgan fingerprint density at radius 2 is 2.17 bits per heavy atom. The normalized spacial score (nSPS) is 19.7. The van der Waals surface area contributed by atoms with Crippen molar-refractivity contribution in [1.82, 2.24) is 15.1 Å². The third-order valence-electron chi connectivity index (χ3n) is 4.07. The van der Waals surface area contributed by atoms with Crippen LogP contribution in [0.15, 0.2) is 12.1 Å². The highest BCUT2D eigenvalue weighted by Gasteiger charge is 2.37. The van der Waals surface area contributed by atoms with Crippen molar-refractivity contribution in [2.45, 2.75) is 6.04 Å². The van der Waals surface area contributed by atoms with E-state index in [1.54, 1.807) is 15.9 Å². The number of hydrogen-bond acceptors (Lipinski definition) is 4. The molecule has 2 aliphatic rings. The van der Waals surface area contributed by atoms with E-state index in [1.807, 2.05) is 0 Å². The van der Waals surface area contributed by atoms with Crippen LogP contribution >= 0.6 is 24.0 Å². The van der Waals surface area contributed by atoms with Crippen molar-refractivity contribution in [1.29, 1.82) is 0 Å². The summed E-state index contributed by atoms with van der Waals surface area (Å²) in [5.41, 5.74) is 6.49.